The first-order valence-electron chi connectivity index (χ1n) is 5.78. The zero-order valence-corrected chi connectivity index (χ0v) is 15.3. The molecular weight excluding hydrogens is 394 g/mol. The third-order valence-electron chi connectivity index (χ3n) is 2.74. The minimum atomic E-state index is 0.283. The quantitative estimate of drug-likeness (QED) is 0.688. The number of nitrogens with one attached hydrogen (secondary N) is 1. The molecule has 0 aliphatic rings. The Labute approximate surface area is 133 Å². The highest BCUT2D eigenvalue weighted by molar-refractivity contribution is 9.12. The molecule has 1 N–H and O–H groups in total. The van der Waals surface area contributed by atoms with Crippen molar-refractivity contribution in [1.82, 2.24) is 5.32 Å². The summed E-state index contributed by atoms with van der Waals surface area (Å²) in [5.74, 6) is 0. The second-order valence-corrected chi connectivity index (χ2v) is 9.21. The molecule has 0 aliphatic heterocycles. The van der Waals surface area contributed by atoms with Crippen LogP contribution in [0.5, 0.6) is 0 Å². The fourth-order valence-corrected chi connectivity index (χ4v) is 6.08. The number of hydrogen-bond donors (Lipinski definition) is 1. The Bertz CT molecular complexity index is 499. The van der Waals surface area contributed by atoms with Gasteiger partial charge in [-0.1, -0.05) is 6.92 Å². The molecule has 1 atom stereocenters. The van der Waals surface area contributed by atoms with Crippen LogP contribution in [-0.4, -0.2) is 6.54 Å². The summed E-state index contributed by atoms with van der Waals surface area (Å²) in [6, 6.07) is 4.75. The SMILES string of the molecule is CCNC(c1cc(Br)sc1Br)c1sc(C)cc1C. The maximum absolute atomic E-state index is 3.67. The fraction of sp³-hybridized carbons (Fsp3) is 0.385. The van der Waals surface area contributed by atoms with E-state index in [1.54, 1.807) is 11.3 Å². The van der Waals surface area contributed by atoms with Crippen molar-refractivity contribution < 1.29 is 0 Å². The van der Waals surface area contributed by atoms with Gasteiger partial charge in [-0.15, -0.1) is 22.7 Å². The molecule has 2 rings (SSSR count). The Kier molecular flexibility index (Phi) is 5.06. The van der Waals surface area contributed by atoms with Gasteiger partial charge >= 0.3 is 0 Å². The molecule has 0 fully saturated rings. The van der Waals surface area contributed by atoms with Gasteiger partial charge in [0.1, 0.15) is 0 Å². The lowest BCUT2D eigenvalue weighted by Gasteiger charge is -2.17. The molecule has 0 saturated carbocycles. The van der Waals surface area contributed by atoms with E-state index in [2.05, 4.69) is 70.1 Å². The summed E-state index contributed by atoms with van der Waals surface area (Å²) in [5.41, 5.74) is 2.69. The van der Waals surface area contributed by atoms with Crippen molar-refractivity contribution in [3.8, 4) is 0 Å². The smallest absolute Gasteiger partial charge is 0.0762 e. The van der Waals surface area contributed by atoms with Crippen LogP contribution < -0.4 is 5.32 Å². The maximum Gasteiger partial charge on any atom is 0.0762 e. The highest BCUT2D eigenvalue weighted by Gasteiger charge is 2.21. The van der Waals surface area contributed by atoms with Crippen LogP contribution >= 0.6 is 54.5 Å². The normalized spacial score (nSPS) is 12.9. The summed E-state index contributed by atoms with van der Waals surface area (Å²) in [7, 11) is 0. The molecule has 2 heterocycles. The molecule has 18 heavy (non-hydrogen) atoms. The molecule has 0 bridgehead atoms. The minimum Gasteiger partial charge on any atom is -0.306 e. The van der Waals surface area contributed by atoms with Crippen molar-refractivity contribution in [1.29, 1.82) is 0 Å². The van der Waals surface area contributed by atoms with Crippen molar-refractivity contribution >= 4 is 54.5 Å². The molecule has 0 spiro atoms. The van der Waals surface area contributed by atoms with Crippen molar-refractivity contribution in [3.05, 3.63) is 40.6 Å². The van der Waals surface area contributed by atoms with E-state index < -0.39 is 0 Å². The second kappa shape index (κ2) is 6.18. The van der Waals surface area contributed by atoms with Crippen LogP contribution in [0.3, 0.4) is 0 Å². The van der Waals surface area contributed by atoms with Crippen LogP contribution in [0, 0.1) is 13.8 Å². The lowest BCUT2D eigenvalue weighted by Crippen LogP contribution is -2.21. The minimum absolute atomic E-state index is 0.283. The molecule has 5 heteroatoms. The predicted octanol–water partition coefficient (Wildman–Crippen LogP) is 5.65. The first-order valence-corrected chi connectivity index (χ1v) is 8.99. The van der Waals surface area contributed by atoms with E-state index in [0.717, 1.165) is 6.54 Å². The summed E-state index contributed by atoms with van der Waals surface area (Å²) in [5, 5.41) is 3.59. The molecule has 2 aromatic rings. The lowest BCUT2D eigenvalue weighted by atomic mass is 10.1. The van der Waals surface area contributed by atoms with Crippen molar-refractivity contribution in [2.45, 2.75) is 26.8 Å². The topological polar surface area (TPSA) is 12.0 Å². The molecule has 0 amide bonds. The second-order valence-electron chi connectivity index (χ2n) is 4.17. The monoisotopic (exact) mass is 407 g/mol. The molecule has 0 saturated heterocycles. The van der Waals surface area contributed by atoms with Crippen LogP contribution in [-0.2, 0) is 0 Å². The lowest BCUT2D eigenvalue weighted by molar-refractivity contribution is 0.637. The Balaban J connectivity index is 2.46. The van der Waals surface area contributed by atoms with Gasteiger partial charge in [0.2, 0.25) is 0 Å². The summed E-state index contributed by atoms with van der Waals surface area (Å²) >= 11 is 10.8. The van der Waals surface area contributed by atoms with Gasteiger partial charge in [0.25, 0.3) is 0 Å². The van der Waals surface area contributed by atoms with Crippen molar-refractivity contribution in [2.24, 2.45) is 0 Å². The van der Waals surface area contributed by atoms with Gasteiger partial charge in [-0.25, -0.2) is 0 Å². The standard InChI is InChI=1S/C13H15Br2NS2/c1-4-16-11(9-6-10(14)18-13(9)15)12-7(2)5-8(3)17-12/h5-6,11,16H,4H2,1-3H3. The Hall–Kier alpha value is 0.320. The molecule has 1 unspecified atom stereocenters. The van der Waals surface area contributed by atoms with Crippen LogP contribution in [0.2, 0.25) is 0 Å². The molecule has 0 radical (unpaired) electrons. The molecular formula is C13H15Br2NS2. The third kappa shape index (κ3) is 3.07. The van der Waals surface area contributed by atoms with Gasteiger partial charge in [0.15, 0.2) is 0 Å². The molecule has 0 aromatic carbocycles. The summed E-state index contributed by atoms with van der Waals surface area (Å²) < 4.78 is 2.36. The Morgan fingerprint density at radius 3 is 2.39 bits per heavy atom. The van der Waals surface area contributed by atoms with Gasteiger partial charge in [-0.2, -0.15) is 0 Å². The molecule has 1 nitrogen and oxygen atoms in total. The van der Waals surface area contributed by atoms with E-state index in [1.165, 1.54) is 28.5 Å². The number of thiophene rings is 2. The maximum atomic E-state index is 3.67. The van der Waals surface area contributed by atoms with E-state index in [4.69, 9.17) is 0 Å². The van der Waals surface area contributed by atoms with Crippen LogP contribution in [0.25, 0.3) is 0 Å². The van der Waals surface area contributed by atoms with Gasteiger partial charge in [0.05, 0.1) is 13.6 Å². The van der Waals surface area contributed by atoms with E-state index in [0.29, 0.717) is 0 Å². The predicted molar refractivity (Wildman–Crippen MR) is 89.0 cm³/mol. The highest BCUT2D eigenvalue weighted by atomic mass is 79.9. The van der Waals surface area contributed by atoms with Gasteiger partial charge in [-0.3, -0.25) is 0 Å². The number of aryl methyl sites for hydroxylation is 2. The van der Waals surface area contributed by atoms with E-state index >= 15 is 0 Å². The number of rotatable bonds is 4. The molecule has 0 aliphatic carbocycles. The molecule has 2 aromatic heterocycles. The number of hydrogen-bond acceptors (Lipinski definition) is 3. The van der Waals surface area contributed by atoms with Crippen molar-refractivity contribution in [3.63, 3.8) is 0 Å². The zero-order valence-electron chi connectivity index (χ0n) is 10.5. The zero-order chi connectivity index (χ0) is 13.3. The van der Waals surface area contributed by atoms with Crippen molar-refractivity contribution in [2.75, 3.05) is 6.54 Å². The van der Waals surface area contributed by atoms with Crippen LogP contribution in [0.1, 0.15) is 33.8 Å². The largest absolute Gasteiger partial charge is 0.306 e. The number of halogens is 2. The third-order valence-corrected chi connectivity index (χ3v) is 6.35. The Morgan fingerprint density at radius 1 is 1.22 bits per heavy atom. The van der Waals surface area contributed by atoms with Crippen LogP contribution in [0.15, 0.2) is 19.7 Å². The first kappa shape index (κ1) is 14.7. The average Bonchev–Trinajstić information content (AvgIpc) is 2.78. The van der Waals surface area contributed by atoms with Gasteiger partial charge in [0, 0.05) is 15.3 Å². The van der Waals surface area contributed by atoms with E-state index in [-0.39, 0.29) is 6.04 Å². The van der Waals surface area contributed by atoms with Crippen LogP contribution in [0.4, 0.5) is 0 Å². The fourth-order valence-electron chi connectivity index (χ4n) is 2.04. The average molecular weight is 409 g/mol. The summed E-state index contributed by atoms with van der Waals surface area (Å²) in [4.78, 5) is 2.79. The molecule has 98 valence electrons. The summed E-state index contributed by atoms with van der Waals surface area (Å²) in [6.07, 6.45) is 0. The van der Waals surface area contributed by atoms with E-state index in [9.17, 15) is 0 Å². The van der Waals surface area contributed by atoms with Gasteiger partial charge < -0.3 is 5.32 Å². The highest BCUT2D eigenvalue weighted by Crippen LogP contribution is 2.40. The van der Waals surface area contributed by atoms with Gasteiger partial charge in [-0.05, 0) is 69.9 Å². The summed E-state index contributed by atoms with van der Waals surface area (Å²) in [6.45, 7) is 7.47. The first-order chi connectivity index (χ1) is 8.52. The van der Waals surface area contributed by atoms with E-state index in [1.807, 2.05) is 11.3 Å². The Morgan fingerprint density at radius 2 is 1.94 bits per heavy atom.